The van der Waals surface area contributed by atoms with E-state index in [1.165, 1.54) is 6.07 Å². The van der Waals surface area contributed by atoms with Crippen LogP contribution in [0.1, 0.15) is 31.0 Å². The summed E-state index contributed by atoms with van der Waals surface area (Å²) >= 11 is 0. The fourth-order valence-corrected chi connectivity index (χ4v) is 3.64. The van der Waals surface area contributed by atoms with Gasteiger partial charge in [0.1, 0.15) is 5.78 Å². The van der Waals surface area contributed by atoms with Crippen molar-refractivity contribution in [3.8, 4) is 11.5 Å². The number of piperazine rings is 1. The molecule has 2 aromatic rings. The number of nitrogens with zero attached hydrogens (tertiary/aromatic N) is 4. The van der Waals surface area contributed by atoms with Gasteiger partial charge in [-0.2, -0.15) is 0 Å². The Hall–Kier alpha value is -2.81. The minimum atomic E-state index is -3.60. The molecule has 0 N–H and O–H groups in total. The highest BCUT2D eigenvalue weighted by molar-refractivity contribution is 5.77. The van der Waals surface area contributed by atoms with Crippen molar-refractivity contribution in [1.29, 1.82) is 0 Å². The predicted molar refractivity (Wildman–Crippen MR) is 101 cm³/mol. The van der Waals surface area contributed by atoms with E-state index in [1.807, 2.05) is 6.92 Å². The molecule has 2 aliphatic heterocycles. The number of alkyl halides is 2. The van der Waals surface area contributed by atoms with Crippen LogP contribution < -0.4 is 14.4 Å². The minimum Gasteiger partial charge on any atom is -0.395 e. The molecule has 1 saturated heterocycles. The van der Waals surface area contributed by atoms with Crippen molar-refractivity contribution in [1.82, 2.24) is 14.9 Å². The average molecular weight is 404 g/mol. The number of Topliss-reactive ketones (excluding diaryl/α,β-unsaturated/α-hetero) is 1. The SMILES string of the molecule is CC(=O)Cc1cnc(N2CCN(C(C)c3ccc4c(c3)OC(F)(F)O4)CC2)nc1. The molecule has 1 unspecified atom stereocenters. The number of benzene rings is 1. The molecule has 1 fully saturated rings. The molecular formula is C20H22F2N4O3. The van der Waals surface area contributed by atoms with E-state index in [4.69, 9.17) is 0 Å². The second-order valence-corrected chi connectivity index (χ2v) is 7.34. The first-order valence-electron chi connectivity index (χ1n) is 9.50. The number of ketones is 1. The van der Waals surface area contributed by atoms with Gasteiger partial charge in [-0.25, -0.2) is 9.97 Å². The molecule has 1 aromatic carbocycles. The van der Waals surface area contributed by atoms with Crippen LogP contribution in [0.3, 0.4) is 0 Å². The normalized spacial score (nSPS) is 19.2. The molecule has 0 amide bonds. The Labute approximate surface area is 167 Å². The number of aromatic nitrogens is 2. The molecule has 1 aromatic heterocycles. The van der Waals surface area contributed by atoms with E-state index in [1.54, 1.807) is 31.5 Å². The smallest absolute Gasteiger partial charge is 0.395 e. The summed E-state index contributed by atoms with van der Waals surface area (Å²) in [6.07, 6.45) is 0.130. The van der Waals surface area contributed by atoms with Crippen LogP contribution in [0.25, 0.3) is 0 Å². The Morgan fingerprint density at radius 1 is 1.14 bits per heavy atom. The monoisotopic (exact) mass is 404 g/mol. The van der Waals surface area contributed by atoms with E-state index < -0.39 is 6.29 Å². The van der Waals surface area contributed by atoms with E-state index >= 15 is 0 Å². The van der Waals surface area contributed by atoms with Crippen molar-refractivity contribution >= 4 is 11.7 Å². The average Bonchev–Trinajstić information content (AvgIpc) is 3.00. The molecule has 2 aliphatic rings. The topological polar surface area (TPSA) is 67.8 Å². The summed E-state index contributed by atoms with van der Waals surface area (Å²) in [5.41, 5.74) is 1.70. The third kappa shape index (κ3) is 4.29. The lowest BCUT2D eigenvalue weighted by Crippen LogP contribution is -2.47. The number of rotatable bonds is 5. The molecule has 9 heteroatoms. The largest absolute Gasteiger partial charge is 0.586 e. The number of carbonyl (C=O) groups excluding carboxylic acids is 1. The third-order valence-electron chi connectivity index (χ3n) is 5.20. The quantitative estimate of drug-likeness (QED) is 0.759. The summed E-state index contributed by atoms with van der Waals surface area (Å²) in [5.74, 6) is 0.851. The first kappa shape index (κ1) is 19.5. The van der Waals surface area contributed by atoms with Crippen molar-refractivity contribution < 1.29 is 23.0 Å². The second-order valence-electron chi connectivity index (χ2n) is 7.34. The Balaban J connectivity index is 1.37. The lowest BCUT2D eigenvalue weighted by molar-refractivity contribution is -0.286. The van der Waals surface area contributed by atoms with E-state index in [9.17, 15) is 13.6 Å². The van der Waals surface area contributed by atoms with Crippen molar-refractivity contribution in [2.24, 2.45) is 0 Å². The molecule has 29 heavy (non-hydrogen) atoms. The summed E-state index contributed by atoms with van der Waals surface area (Å²) in [4.78, 5) is 24.3. The fourth-order valence-electron chi connectivity index (χ4n) is 3.64. The molecule has 0 spiro atoms. The molecule has 1 atom stereocenters. The van der Waals surface area contributed by atoms with Crippen LogP contribution in [0.15, 0.2) is 30.6 Å². The molecule has 0 aliphatic carbocycles. The highest BCUT2D eigenvalue weighted by Gasteiger charge is 2.43. The molecule has 4 rings (SSSR count). The fraction of sp³-hybridized carbons (Fsp3) is 0.450. The van der Waals surface area contributed by atoms with E-state index in [0.717, 1.165) is 37.3 Å². The van der Waals surface area contributed by atoms with E-state index in [2.05, 4.69) is 29.2 Å². The number of ether oxygens (including phenoxy) is 2. The molecular weight excluding hydrogens is 382 g/mol. The molecule has 0 bridgehead atoms. The van der Waals surface area contributed by atoms with E-state index in [-0.39, 0.29) is 23.3 Å². The summed E-state index contributed by atoms with van der Waals surface area (Å²) in [5, 5.41) is 0. The van der Waals surface area contributed by atoms with Gasteiger partial charge in [-0.15, -0.1) is 8.78 Å². The number of fused-ring (bicyclic) bond motifs is 1. The summed E-state index contributed by atoms with van der Waals surface area (Å²) in [6, 6.07) is 4.97. The Bertz CT molecular complexity index is 899. The number of hydrogen-bond donors (Lipinski definition) is 0. The van der Waals surface area contributed by atoms with Gasteiger partial charge in [-0.3, -0.25) is 9.69 Å². The van der Waals surface area contributed by atoms with Crippen molar-refractivity contribution in [3.05, 3.63) is 41.7 Å². The predicted octanol–water partition coefficient (Wildman–Crippen LogP) is 2.81. The van der Waals surface area contributed by atoms with E-state index in [0.29, 0.717) is 12.4 Å². The lowest BCUT2D eigenvalue weighted by Gasteiger charge is -2.38. The van der Waals surface area contributed by atoms with Crippen LogP contribution >= 0.6 is 0 Å². The van der Waals surface area contributed by atoms with Crippen LogP contribution in [0.5, 0.6) is 11.5 Å². The highest BCUT2D eigenvalue weighted by atomic mass is 19.3. The van der Waals surface area contributed by atoms with Crippen molar-refractivity contribution in [2.45, 2.75) is 32.6 Å². The van der Waals surface area contributed by atoms with Crippen LogP contribution in [0.4, 0.5) is 14.7 Å². The van der Waals surface area contributed by atoms with Gasteiger partial charge >= 0.3 is 6.29 Å². The standard InChI is InChI=1S/C20H22F2N4O3/c1-13(27)9-15-11-23-19(24-12-15)26-7-5-25(6-8-26)14(2)16-3-4-17-18(10-16)29-20(21,22)28-17/h3-4,10-12,14H,5-9H2,1-2H3. The highest BCUT2D eigenvalue weighted by Crippen LogP contribution is 2.42. The Kier molecular flexibility index (Phi) is 5.08. The maximum Gasteiger partial charge on any atom is 0.586 e. The maximum absolute atomic E-state index is 13.2. The summed E-state index contributed by atoms with van der Waals surface area (Å²) in [6.45, 7) is 6.64. The van der Waals surface area contributed by atoms with Crippen LogP contribution in [0.2, 0.25) is 0 Å². The Morgan fingerprint density at radius 3 is 2.45 bits per heavy atom. The third-order valence-corrected chi connectivity index (χ3v) is 5.20. The van der Waals surface area contributed by atoms with Crippen molar-refractivity contribution in [2.75, 3.05) is 31.1 Å². The van der Waals surface area contributed by atoms with Crippen molar-refractivity contribution in [3.63, 3.8) is 0 Å². The summed E-state index contributed by atoms with van der Waals surface area (Å²) in [7, 11) is 0. The maximum atomic E-state index is 13.2. The van der Waals surface area contributed by atoms with Crippen LogP contribution in [-0.4, -0.2) is 53.1 Å². The molecule has 3 heterocycles. The van der Waals surface area contributed by atoms with Gasteiger partial charge in [0.15, 0.2) is 11.5 Å². The zero-order valence-electron chi connectivity index (χ0n) is 16.3. The zero-order valence-corrected chi connectivity index (χ0v) is 16.3. The second kappa shape index (κ2) is 7.55. The van der Waals surface area contributed by atoms with Gasteiger partial charge in [0, 0.05) is 51.0 Å². The lowest BCUT2D eigenvalue weighted by atomic mass is 10.1. The molecule has 7 nitrogen and oxygen atoms in total. The molecule has 0 saturated carbocycles. The number of carbonyl (C=O) groups is 1. The molecule has 0 radical (unpaired) electrons. The summed E-state index contributed by atoms with van der Waals surface area (Å²) < 4.78 is 35.5. The zero-order chi connectivity index (χ0) is 20.6. The van der Waals surface area contributed by atoms with Crippen LogP contribution in [0, 0.1) is 0 Å². The minimum absolute atomic E-state index is 0.0409. The van der Waals surface area contributed by atoms with Gasteiger partial charge in [0.2, 0.25) is 5.95 Å². The van der Waals surface area contributed by atoms with Crippen LogP contribution in [-0.2, 0) is 11.2 Å². The van der Waals surface area contributed by atoms with Gasteiger partial charge in [-0.05, 0) is 37.1 Å². The van der Waals surface area contributed by atoms with Gasteiger partial charge in [0.05, 0.1) is 0 Å². The first-order valence-corrected chi connectivity index (χ1v) is 9.50. The number of anilines is 1. The van der Waals surface area contributed by atoms with Gasteiger partial charge < -0.3 is 14.4 Å². The Morgan fingerprint density at radius 2 is 1.79 bits per heavy atom. The molecule has 154 valence electrons. The first-order chi connectivity index (χ1) is 13.8. The van der Waals surface area contributed by atoms with Gasteiger partial charge in [0.25, 0.3) is 0 Å². The van der Waals surface area contributed by atoms with Gasteiger partial charge in [-0.1, -0.05) is 6.07 Å². The number of halogens is 2. The number of hydrogen-bond acceptors (Lipinski definition) is 7.